The number of carbonyl (C=O) groups is 1. The van der Waals surface area contributed by atoms with Gasteiger partial charge >= 0.3 is 0 Å². The van der Waals surface area contributed by atoms with Crippen LogP contribution in [-0.4, -0.2) is 17.8 Å². The molecule has 2 aromatic carbocycles. The zero-order valence-electron chi connectivity index (χ0n) is 10.7. The second-order valence-corrected chi connectivity index (χ2v) is 4.74. The van der Waals surface area contributed by atoms with Crippen LogP contribution in [0.5, 0.6) is 0 Å². The van der Waals surface area contributed by atoms with Crippen LogP contribution >= 0.6 is 11.6 Å². The van der Waals surface area contributed by atoms with E-state index in [0.717, 1.165) is 0 Å². The number of amides is 1. The van der Waals surface area contributed by atoms with Gasteiger partial charge in [0.1, 0.15) is 5.82 Å². The van der Waals surface area contributed by atoms with E-state index in [4.69, 9.17) is 11.6 Å². The predicted octanol–water partition coefficient (Wildman–Crippen LogP) is 3.25. The number of hydrogen-bond donors (Lipinski definition) is 1. The Bertz CT molecular complexity index is 766. The topological polar surface area (TPSA) is 53.8 Å². The molecule has 1 N–H and O–H groups in total. The Labute approximate surface area is 125 Å². The van der Waals surface area contributed by atoms with Gasteiger partial charge in [0.2, 0.25) is 0 Å². The van der Waals surface area contributed by atoms with Gasteiger partial charge in [-0.2, -0.15) is 5.10 Å². The summed E-state index contributed by atoms with van der Waals surface area (Å²) < 4.78 is 13.6. The third kappa shape index (κ3) is 2.55. The van der Waals surface area contributed by atoms with Crippen LogP contribution < -0.4 is 5.32 Å². The van der Waals surface area contributed by atoms with Crippen LogP contribution in [0.25, 0.3) is 0 Å². The van der Waals surface area contributed by atoms with Crippen molar-refractivity contribution in [2.24, 2.45) is 10.2 Å². The van der Waals surface area contributed by atoms with Gasteiger partial charge in [0.05, 0.1) is 16.9 Å². The van der Waals surface area contributed by atoms with Crippen LogP contribution in [0, 0.1) is 5.82 Å². The fourth-order valence-corrected chi connectivity index (χ4v) is 2.19. The van der Waals surface area contributed by atoms with Crippen molar-refractivity contribution < 1.29 is 9.18 Å². The highest BCUT2D eigenvalue weighted by Crippen LogP contribution is 2.23. The van der Waals surface area contributed by atoms with Gasteiger partial charge in [-0.3, -0.25) is 4.79 Å². The Morgan fingerprint density at radius 1 is 1.14 bits per heavy atom. The minimum atomic E-state index is -0.497. The normalized spacial score (nSPS) is 15.5. The lowest BCUT2D eigenvalue weighted by Gasteiger charge is -1.97. The second-order valence-electron chi connectivity index (χ2n) is 4.33. The van der Waals surface area contributed by atoms with Crippen LogP contribution in [0.2, 0.25) is 5.02 Å². The number of nitrogens with zero attached hydrogens (tertiary/aromatic N) is 2. The molecule has 104 valence electrons. The third-order valence-corrected chi connectivity index (χ3v) is 3.32. The molecule has 0 bridgehead atoms. The maximum absolute atomic E-state index is 13.6. The smallest absolute Gasteiger partial charge is 0.276 e. The molecule has 4 nitrogen and oxygen atoms in total. The number of rotatable bonds is 2. The van der Waals surface area contributed by atoms with Crippen LogP contribution in [0.1, 0.15) is 11.1 Å². The van der Waals surface area contributed by atoms with Gasteiger partial charge in [0.15, 0.2) is 5.71 Å². The lowest BCUT2D eigenvalue weighted by atomic mass is 10.1. The van der Waals surface area contributed by atoms with Gasteiger partial charge in [-0.15, -0.1) is 5.10 Å². The van der Waals surface area contributed by atoms with E-state index in [1.807, 2.05) is 6.07 Å². The molecule has 1 heterocycles. The molecule has 0 spiro atoms. The number of halogens is 2. The van der Waals surface area contributed by atoms with Gasteiger partial charge in [-0.25, -0.2) is 4.39 Å². The quantitative estimate of drug-likeness (QED) is 0.672. The molecule has 6 heteroatoms. The lowest BCUT2D eigenvalue weighted by Crippen LogP contribution is -2.13. The molecular formula is C15H9ClFN3O. The zero-order valence-corrected chi connectivity index (χ0v) is 11.4. The third-order valence-electron chi connectivity index (χ3n) is 2.99. The SMILES string of the molecule is O=C1Nc2ccccc2/C1=N\N=C\c1c(F)cccc1Cl. The van der Waals surface area contributed by atoms with Gasteiger partial charge in [-0.1, -0.05) is 35.9 Å². The van der Waals surface area contributed by atoms with E-state index in [1.54, 1.807) is 24.3 Å². The lowest BCUT2D eigenvalue weighted by molar-refractivity contribution is -0.110. The number of hydrogen-bond acceptors (Lipinski definition) is 3. The summed E-state index contributed by atoms with van der Waals surface area (Å²) in [6.07, 6.45) is 1.19. The maximum atomic E-state index is 13.6. The molecule has 0 unspecified atom stereocenters. The second kappa shape index (κ2) is 5.46. The summed E-state index contributed by atoms with van der Waals surface area (Å²) >= 11 is 5.88. The first kappa shape index (κ1) is 13.5. The highest BCUT2D eigenvalue weighted by atomic mass is 35.5. The molecule has 0 fully saturated rings. The Hall–Kier alpha value is -2.53. The molecule has 0 saturated carbocycles. The van der Waals surface area contributed by atoms with Crippen molar-refractivity contribution >= 4 is 35.1 Å². The van der Waals surface area contributed by atoms with Crippen LogP contribution in [-0.2, 0) is 4.79 Å². The first-order valence-electron chi connectivity index (χ1n) is 6.12. The fraction of sp³-hybridized carbons (Fsp3) is 0. The standard InChI is InChI=1S/C15H9ClFN3O/c16-11-5-3-6-12(17)10(11)8-18-20-14-9-4-1-2-7-13(9)19-15(14)21/h1-8H,(H,19,20,21)/b18-8+. The van der Waals surface area contributed by atoms with Crippen LogP contribution in [0.15, 0.2) is 52.7 Å². The van der Waals surface area contributed by atoms with Gasteiger partial charge < -0.3 is 5.32 Å². The van der Waals surface area contributed by atoms with E-state index < -0.39 is 5.82 Å². The number of fused-ring (bicyclic) bond motifs is 1. The largest absolute Gasteiger partial charge is 0.320 e. The van der Waals surface area contributed by atoms with Crippen molar-refractivity contribution in [2.75, 3.05) is 5.32 Å². The monoisotopic (exact) mass is 301 g/mol. The molecule has 3 rings (SSSR count). The zero-order chi connectivity index (χ0) is 14.8. The minimum Gasteiger partial charge on any atom is -0.320 e. The fourth-order valence-electron chi connectivity index (χ4n) is 1.98. The van der Waals surface area contributed by atoms with Crippen LogP contribution in [0.4, 0.5) is 10.1 Å². The Balaban J connectivity index is 1.93. The van der Waals surface area contributed by atoms with Crippen molar-refractivity contribution in [3.05, 3.63) is 64.4 Å². The summed E-state index contributed by atoms with van der Waals surface area (Å²) in [7, 11) is 0. The Morgan fingerprint density at radius 3 is 2.76 bits per heavy atom. The van der Waals surface area contributed by atoms with E-state index in [1.165, 1.54) is 18.3 Å². The molecule has 0 aromatic heterocycles. The number of para-hydroxylation sites is 1. The van der Waals surface area contributed by atoms with Crippen molar-refractivity contribution in [1.29, 1.82) is 0 Å². The number of benzene rings is 2. The molecule has 0 atom stereocenters. The molecule has 1 amide bonds. The summed E-state index contributed by atoms with van der Waals surface area (Å²) in [6, 6.07) is 11.5. The van der Waals surface area contributed by atoms with Crippen molar-refractivity contribution in [1.82, 2.24) is 0 Å². The highest BCUT2D eigenvalue weighted by Gasteiger charge is 2.25. The number of nitrogens with one attached hydrogen (secondary N) is 1. The van der Waals surface area contributed by atoms with E-state index in [9.17, 15) is 9.18 Å². The maximum Gasteiger partial charge on any atom is 0.276 e. The molecule has 0 saturated heterocycles. The first-order valence-corrected chi connectivity index (χ1v) is 6.50. The van der Waals surface area contributed by atoms with E-state index >= 15 is 0 Å². The van der Waals surface area contributed by atoms with Crippen molar-refractivity contribution in [2.45, 2.75) is 0 Å². The summed E-state index contributed by atoms with van der Waals surface area (Å²) in [5.74, 6) is -0.837. The summed E-state index contributed by atoms with van der Waals surface area (Å²) in [6.45, 7) is 0. The summed E-state index contributed by atoms with van der Waals surface area (Å²) in [4.78, 5) is 11.8. The highest BCUT2D eigenvalue weighted by molar-refractivity contribution is 6.53. The molecular weight excluding hydrogens is 293 g/mol. The first-order chi connectivity index (χ1) is 10.2. The average Bonchev–Trinajstić information content (AvgIpc) is 2.78. The van der Waals surface area contributed by atoms with Crippen LogP contribution in [0.3, 0.4) is 0 Å². The Morgan fingerprint density at radius 2 is 1.95 bits per heavy atom. The molecule has 2 aromatic rings. The number of carbonyl (C=O) groups excluding carboxylic acids is 1. The molecule has 0 radical (unpaired) electrons. The molecule has 1 aliphatic rings. The van der Waals surface area contributed by atoms with Gasteiger partial charge in [-0.05, 0) is 18.2 Å². The van der Waals surface area contributed by atoms with Gasteiger partial charge in [0, 0.05) is 11.1 Å². The minimum absolute atomic E-state index is 0.134. The predicted molar refractivity (Wildman–Crippen MR) is 80.6 cm³/mol. The van der Waals surface area contributed by atoms with Crippen molar-refractivity contribution in [3.63, 3.8) is 0 Å². The van der Waals surface area contributed by atoms with Gasteiger partial charge in [0.25, 0.3) is 5.91 Å². The Kier molecular flexibility index (Phi) is 3.50. The number of anilines is 1. The van der Waals surface area contributed by atoms with Crippen molar-refractivity contribution in [3.8, 4) is 0 Å². The van der Waals surface area contributed by atoms with E-state index in [2.05, 4.69) is 15.5 Å². The van der Waals surface area contributed by atoms with E-state index in [0.29, 0.717) is 11.3 Å². The summed E-state index contributed by atoms with van der Waals surface area (Å²) in [5.41, 5.74) is 1.67. The van der Waals surface area contributed by atoms with E-state index in [-0.39, 0.29) is 22.2 Å². The molecule has 0 aliphatic carbocycles. The summed E-state index contributed by atoms with van der Waals surface area (Å²) in [5, 5.41) is 10.6. The average molecular weight is 302 g/mol. The molecule has 21 heavy (non-hydrogen) atoms. The molecule has 1 aliphatic heterocycles.